The minimum absolute atomic E-state index is 0.0662. The minimum Gasteiger partial charge on any atom is -0.375 e. The standard InChI is InChI=1S/C11H20BrNO2/c1-4-9(12)10(14)13-8-5-6-15-11(2,3)7-8/h8-9H,4-7H2,1-3H3,(H,13,14). The Morgan fingerprint density at radius 2 is 2.33 bits per heavy atom. The Hall–Kier alpha value is -0.0900. The molecule has 15 heavy (non-hydrogen) atoms. The van der Waals surface area contributed by atoms with E-state index in [2.05, 4.69) is 35.1 Å². The maximum Gasteiger partial charge on any atom is 0.233 e. The molecule has 0 bridgehead atoms. The molecule has 3 nitrogen and oxygen atoms in total. The van der Waals surface area contributed by atoms with Crippen molar-refractivity contribution in [2.45, 2.75) is 56.5 Å². The van der Waals surface area contributed by atoms with Gasteiger partial charge >= 0.3 is 0 Å². The number of amides is 1. The molecule has 1 N–H and O–H groups in total. The largest absolute Gasteiger partial charge is 0.375 e. The molecule has 2 unspecified atom stereocenters. The Labute approximate surface area is 100 Å². The molecule has 1 amide bonds. The van der Waals surface area contributed by atoms with Crippen LogP contribution in [-0.2, 0) is 9.53 Å². The molecule has 0 aliphatic carbocycles. The first-order chi connectivity index (χ1) is 6.94. The van der Waals surface area contributed by atoms with Crippen molar-refractivity contribution < 1.29 is 9.53 Å². The van der Waals surface area contributed by atoms with Gasteiger partial charge in [-0.2, -0.15) is 0 Å². The third-order valence-corrected chi connectivity index (χ3v) is 3.75. The van der Waals surface area contributed by atoms with Gasteiger partial charge in [0, 0.05) is 12.6 Å². The number of hydrogen-bond donors (Lipinski definition) is 1. The summed E-state index contributed by atoms with van der Waals surface area (Å²) in [6.07, 6.45) is 2.62. The van der Waals surface area contributed by atoms with E-state index in [4.69, 9.17) is 4.74 Å². The molecule has 1 fully saturated rings. The third kappa shape index (κ3) is 4.11. The van der Waals surface area contributed by atoms with Gasteiger partial charge < -0.3 is 10.1 Å². The Kier molecular flexibility index (Phi) is 4.59. The topological polar surface area (TPSA) is 38.3 Å². The monoisotopic (exact) mass is 277 g/mol. The molecule has 0 aromatic carbocycles. The van der Waals surface area contributed by atoms with Crippen LogP contribution < -0.4 is 5.32 Å². The van der Waals surface area contributed by atoms with Crippen LogP contribution in [0.15, 0.2) is 0 Å². The average Bonchev–Trinajstić information content (AvgIpc) is 2.14. The van der Waals surface area contributed by atoms with E-state index in [1.807, 2.05) is 6.92 Å². The highest BCUT2D eigenvalue weighted by atomic mass is 79.9. The average molecular weight is 278 g/mol. The lowest BCUT2D eigenvalue weighted by Gasteiger charge is -2.36. The summed E-state index contributed by atoms with van der Waals surface area (Å²) in [6.45, 7) is 6.86. The van der Waals surface area contributed by atoms with E-state index in [9.17, 15) is 4.79 Å². The summed E-state index contributed by atoms with van der Waals surface area (Å²) in [4.78, 5) is 11.6. The van der Waals surface area contributed by atoms with Crippen molar-refractivity contribution in [3.05, 3.63) is 0 Å². The Balaban J connectivity index is 2.41. The van der Waals surface area contributed by atoms with Gasteiger partial charge in [-0.3, -0.25) is 4.79 Å². The highest BCUT2D eigenvalue weighted by molar-refractivity contribution is 9.10. The van der Waals surface area contributed by atoms with E-state index in [1.165, 1.54) is 0 Å². The van der Waals surface area contributed by atoms with E-state index in [0.717, 1.165) is 25.9 Å². The molecular formula is C11H20BrNO2. The molecule has 88 valence electrons. The molecule has 1 heterocycles. The van der Waals surface area contributed by atoms with Crippen LogP contribution >= 0.6 is 15.9 Å². The fraction of sp³-hybridized carbons (Fsp3) is 0.909. The van der Waals surface area contributed by atoms with Crippen molar-refractivity contribution in [1.29, 1.82) is 0 Å². The molecule has 2 atom stereocenters. The lowest BCUT2D eigenvalue weighted by molar-refractivity contribution is -0.123. The minimum atomic E-state index is -0.107. The van der Waals surface area contributed by atoms with E-state index in [1.54, 1.807) is 0 Å². The first kappa shape index (κ1) is 13.0. The van der Waals surface area contributed by atoms with Gasteiger partial charge in [0.05, 0.1) is 10.4 Å². The Morgan fingerprint density at radius 3 is 2.87 bits per heavy atom. The SMILES string of the molecule is CCC(Br)C(=O)NC1CCOC(C)(C)C1. The first-order valence-corrected chi connectivity index (χ1v) is 6.44. The van der Waals surface area contributed by atoms with Crippen LogP contribution in [-0.4, -0.2) is 29.0 Å². The number of ether oxygens (including phenoxy) is 1. The van der Waals surface area contributed by atoms with Crippen molar-refractivity contribution in [3.63, 3.8) is 0 Å². The zero-order chi connectivity index (χ0) is 11.5. The van der Waals surface area contributed by atoms with Crippen molar-refractivity contribution in [1.82, 2.24) is 5.32 Å². The zero-order valence-corrected chi connectivity index (χ0v) is 11.3. The van der Waals surface area contributed by atoms with Gasteiger partial charge in [0.25, 0.3) is 0 Å². The number of hydrogen-bond acceptors (Lipinski definition) is 2. The first-order valence-electron chi connectivity index (χ1n) is 5.53. The highest BCUT2D eigenvalue weighted by Gasteiger charge is 2.30. The number of halogens is 1. The normalized spacial score (nSPS) is 27.1. The van der Waals surface area contributed by atoms with Gasteiger partial charge in [-0.1, -0.05) is 22.9 Å². The van der Waals surface area contributed by atoms with Gasteiger partial charge in [0.1, 0.15) is 0 Å². The van der Waals surface area contributed by atoms with E-state index >= 15 is 0 Å². The number of carbonyl (C=O) groups excluding carboxylic acids is 1. The summed E-state index contributed by atoms with van der Waals surface area (Å²) in [5, 5.41) is 3.06. The maximum absolute atomic E-state index is 11.7. The van der Waals surface area contributed by atoms with Crippen molar-refractivity contribution in [2.75, 3.05) is 6.61 Å². The van der Waals surface area contributed by atoms with E-state index in [0.29, 0.717) is 0 Å². The molecule has 0 aromatic rings. The quantitative estimate of drug-likeness (QED) is 0.804. The lowest BCUT2D eigenvalue weighted by atomic mass is 9.94. The van der Waals surface area contributed by atoms with E-state index < -0.39 is 0 Å². The van der Waals surface area contributed by atoms with Gasteiger partial charge in [-0.05, 0) is 33.1 Å². The summed E-state index contributed by atoms with van der Waals surface area (Å²) >= 11 is 3.35. The molecule has 0 spiro atoms. The second kappa shape index (κ2) is 5.30. The van der Waals surface area contributed by atoms with Crippen LogP contribution in [0.3, 0.4) is 0 Å². The van der Waals surface area contributed by atoms with Gasteiger partial charge in [0.15, 0.2) is 0 Å². The van der Waals surface area contributed by atoms with Gasteiger partial charge in [0.2, 0.25) is 5.91 Å². The molecule has 1 saturated heterocycles. The number of carbonyl (C=O) groups is 1. The smallest absolute Gasteiger partial charge is 0.233 e. The highest BCUT2D eigenvalue weighted by Crippen LogP contribution is 2.24. The molecule has 4 heteroatoms. The maximum atomic E-state index is 11.7. The second-order valence-corrected chi connectivity index (χ2v) is 5.79. The Morgan fingerprint density at radius 1 is 1.67 bits per heavy atom. The van der Waals surface area contributed by atoms with Crippen LogP contribution in [0.2, 0.25) is 0 Å². The summed E-state index contributed by atoms with van der Waals surface area (Å²) < 4.78 is 5.60. The molecule has 1 aliphatic rings. The van der Waals surface area contributed by atoms with Crippen molar-refractivity contribution >= 4 is 21.8 Å². The Bertz CT molecular complexity index is 231. The number of alkyl halides is 1. The van der Waals surface area contributed by atoms with Gasteiger partial charge in [-0.25, -0.2) is 0 Å². The molecule has 1 rings (SSSR count). The number of nitrogens with one attached hydrogen (secondary N) is 1. The second-order valence-electron chi connectivity index (χ2n) is 4.68. The molecular weight excluding hydrogens is 258 g/mol. The lowest BCUT2D eigenvalue weighted by Crippen LogP contribution is -2.47. The fourth-order valence-electron chi connectivity index (χ4n) is 1.83. The van der Waals surface area contributed by atoms with Gasteiger partial charge in [-0.15, -0.1) is 0 Å². The van der Waals surface area contributed by atoms with Crippen LogP contribution in [0.1, 0.15) is 40.0 Å². The number of rotatable bonds is 3. The van der Waals surface area contributed by atoms with Crippen LogP contribution in [0.25, 0.3) is 0 Å². The fourth-order valence-corrected chi connectivity index (χ4v) is 1.96. The van der Waals surface area contributed by atoms with Crippen molar-refractivity contribution in [2.24, 2.45) is 0 Å². The summed E-state index contributed by atoms with van der Waals surface area (Å²) in [5.74, 6) is 0.0974. The van der Waals surface area contributed by atoms with Crippen molar-refractivity contribution in [3.8, 4) is 0 Å². The summed E-state index contributed by atoms with van der Waals surface area (Å²) in [6, 6.07) is 0.257. The summed E-state index contributed by atoms with van der Waals surface area (Å²) in [5.41, 5.74) is -0.107. The molecule has 0 saturated carbocycles. The summed E-state index contributed by atoms with van der Waals surface area (Å²) in [7, 11) is 0. The van der Waals surface area contributed by atoms with Crippen LogP contribution in [0.5, 0.6) is 0 Å². The van der Waals surface area contributed by atoms with E-state index in [-0.39, 0.29) is 22.4 Å². The third-order valence-electron chi connectivity index (χ3n) is 2.69. The predicted octanol–water partition coefficient (Wildman–Crippen LogP) is 2.23. The van der Waals surface area contributed by atoms with Crippen LogP contribution in [0, 0.1) is 0 Å². The zero-order valence-electron chi connectivity index (χ0n) is 9.68. The van der Waals surface area contributed by atoms with Crippen LogP contribution in [0.4, 0.5) is 0 Å². The molecule has 0 aromatic heterocycles. The molecule has 1 aliphatic heterocycles. The molecule has 0 radical (unpaired) electrons. The predicted molar refractivity (Wildman–Crippen MR) is 64.2 cm³/mol.